The molecule has 3 nitrogen and oxygen atoms in total. The summed E-state index contributed by atoms with van der Waals surface area (Å²) in [5.74, 6) is 0. The van der Waals surface area contributed by atoms with Gasteiger partial charge in [0, 0.05) is 34.7 Å². The van der Waals surface area contributed by atoms with Gasteiger partial charge in [0.2, 0.25) is 0 Å². The van der Waals surface area contributed by atoms with Crippen LogP contribution >= 0.6 is 0 Å². The third kappa shape index (κ3) is 1.28. The Kier molecular flexibility index (Phi) is 1.98. The lowest BCUT2D eigenvalue weighted by atomic mass is 9.39. The molecule has 4 aliphatic rings. The second kappa shape index (κ2) is 3.51. The minimum absolute atomic E-state index is 0.0421. The van der Waals surface area contributed by atoms with Gasteiger partial charge in [0.1, 0.15) is 0 Å². The van der Waals surface area contributed by atoms with Crippen LogP contribution in [0.4, 0.5) is 0 Å². The summed E-state index contributed by atoms with van der Waals surface area (Å²) in [5.41, 5.74) is 4.56. The maximum absolute atomic E-state index is 9.24. The summed E-state index contributed by atoms with van der Waals surface area (Å²) in [4.78, 5) is 6.32. The van der Waals surface area contributed by atoms with Crippen LogP contribution in [0.1, 0.15) is 43.5 Å². The van der Waals surface area contributed by atoms with E-state index in [1.807, 2.05) is 0 Å². The van der Waals surface area contributed by atoms with Crippen molar-refractivity contribution in [3.8, 4) is 6.07 Å². The molecular weight excluding hydrogens is 258 g/mol. The number of H-pyrrole nitrogens is 1. The predicted octanol–water partition coefficient (Wildman–Crippen LogP) is 3.53. The zero-order chi connectivity index (χ0) is 14.2. The quantitative estimate of drug-likeness (QED) is 0.866. The van der Waals surface area contributed by atoms with Gasteiger partial charge in [-0.2, -0.15) is 5.26 Å². The summed E-state index contributed by atoms with van der Waals surface area (Å²) >= 11 is 0. The van der Waals surface area contributed by atoms with Crippen LogP contribution in [0.5, 0.6) is 0 Å². The van der Waals surface area contributed by atoms with Gasteiger partial charge in [0.15, 0.2) is 0 Å². The van der Waals surface area contributed by atoms with Gasteiger partial charge < -0.3 is 4.98 Å². The van der Waals surface area contributed by atoms with Crippen LogP contribution < -0.4 is 0 Å². The Hall–Kier alpha value is -1.79. The number of hydrogen-bond acceptors (Lipinski definition) is 2. The first-order valence-corrected chi connectivity index (χ1v) is 7.94. The molecule has 1 aliphatic heterocycles. The number of fused-ring (bicyclic) bond motifs is 3. The molecule has 6 rings (SSSR count). The highest BCUT2D eigenvalue weighted by Gasteiger charge is 2.71. The van der Waals surface area contributed by atoms with Crippen molar-refractivity contribution in [3.05, 3.63) is 35.5 Å². The number of para-hydroxylation sites is 1. The Morgan fingerprint density at radius 3 is 2.81 bits per heavy atom. The molecule has 1 aromatic carbocycles. The highest BCUT2D eigenvalue weighted by atomic mass is 15.3. The molecule has 0 amide bonds. The van der Waals surface area contributed by atoms with Gasteiger partial charge in [-0.3, -0.25) is 4.90 Å². The lowest BCUT2D eigenvalue weighted by Gasteiger charge is -2.72. The zero-order valence-corrected chi connectivity index (χ0v) is 12.3. The van der Waals surface area contributed by atoms with Crippen molar-refractivity contribution in [3.63, 3.8) is 0 Å². The van der Waals surface area contributed by atoms with E-state index in [-0.39, 0.29) is 5.41 Å². The highest BCUT2D eigenvalue weighted by Crippen LogP contribution is 2.70. The molecule has 1 unspecified atom stereocenters. The highest BCUT2D eigenvalue weighted by molar-refractivity contribution is 5.85. The molecular formula is C18H19N3. The van der Waals surface area contributed by atoms with Crippen molar-refractivity contribution in [2.75, 3.05) is 6.54 Å². The van der Waals surface area contributed by atoms with E-state index < -0.39 is 0 Å². The molecule has 2 heterocycles. The average molecular weight is 277 g/mol. The first-order chi connectivity index (χ1) is 10.2. The lowest BCUT2D eigenvalue weighted by Crippen LogP contribution is -2.74. The molecule has 0 saturated heterocycles. The van der Waals surface area contributed by atoms with Gasteiger partial charge in [0.05, 0.1) is 11.5 Å². The molecule has 2 aromatic rings. The van der Waals surface area contributed by atoms with E-state index in [2.05, 4.69) is 47.1 Å². The van der Waals surface area contributed by atoms with Crippen LogP contribution in [0.2, 0.25) is 0 Å². The van der Waals surface area contributed by atoms with Crippen LogP contribution in [-0.2, 0) is 6.42 Å². The van der Waals surface area contributed by atoms with Gasteiger partial charge in [-0.25, -0.2) is 0 Å². The smallest absolute Gasteiger partial charge is 0.0691 e. The molecule has 21 heavy (non-hydrogen) atoms. The largest absolute Gasteiger partial charge is 0.357 e. The van der Waals surface area contributed by atoms with E-state index >= 15 is 0 Å². The van der Waals surface area contributed by atoms with Crippen LogP contribution in [0.3, 0.4) is 0 Å². The molecule has 3 heteroatoms. The molecule has 3 aliphatic carbocycles. The van der Waals surface area contributed by atoms with Gasteiger partial charge in [-0.1, -0.05) is 18.2 Å². The Morgan fingerprint density at radius 1 is 1.29 bits per heavy atom. The minimum atomic E-state index is 0.0421. The summed E-state index contributed by atoms with van der Waals surface area (Å²) < 4.78 is 0. The standard InChI is InChI=1S/C18H19N3/c1-12-16-14(13-4-2-3-5-15(13)20-16)6-7-21(12)18-8-17(9-18,10-18)11-19/h2-5,12,20H,6-10H2,1H3. The number of benzene rings is 1. The second-order valence-electron chi connectivity index (χ2n) is 7.33. The van der Waals surface area contributed by atoms with E-state index in [1.54, 1.807) is 0 Å². The monoisotopic (exact) mass is 277 g/mol. The summed E-state index contributed by atoms with van der Waals surface area (Å²) in [6.07, 6.45) is 4.41. The Labute approximate surface area is 124 Å². The topological polar surface area (TPSA) is 42.8 Å². The van der Waals surface area contributed by atoms with E-state index in [0.29, 0.717) is 11.6 Å². The van der Waals surface area contributed by atoms with Crippen molar-refractivity contribution in [2.24, 2.45) is 5.41 Å². The summed E-state index contributed by atoms with van der Waals surface area (Å²) in [6.45, 7) is 3.46. The van der Waals surface area contributed by atoms with Gasteiger partial charge in [0.25, 0.3) is 0 Å². The second-order valence-corrected chi connectivity index (χ2v) is 7.33. The lowest BCUT2D eigenvalue weighted by molar-refractivity contribution is -0.202. The fourth-order valence-electron chi connectivity index (χ4n) is 5.23. The molecule has 1 atom stereocenters. The SMILES string of the molecule is CC1c2[nH]c3ccccc3c2CCN1C12CC(C#N)(C1)C2. The van der Waals surface area contributed by atoms with Gasteiger partial charge in [-0.15, -0.1) is 0 Å². The third-order valence-electron chi connectivity index (χ3n) is 6.18. The van der Waals surface area contributed by atoms with Crippen molar-refractivity contribution in [1.29, 1.82) is 5.26 Å². The normalized spacial score (nSPS) is 37.4. The number of rotatable bonds is 1. The van der Waals surface area contributed by atoms with Crippen LogP contribution in [0.25, 0.3) is 10.9 Å². The van der Waals surface area contributed by atoms with Crippen molar-refractivity contribution >= 4 is 10.9 Å². The zero-order valence-electron chi connectivity index (χ0n) is 12.3. The number of aromatic amines is 1. The van der Waals surface area contributed by atoms with Crippen molar-refractivity contribution in [1.82, 2.24) is 9.88 Å². The summed E-state index contributed by atoms with van der Waals surface area (Å²) in [5, 5.41) is 10.6. The third-order valence-corrected chi connectivity index (χ3v) is 6.18. The molecule has 106 valence electrons. The van der Waals surface area contributed by atoms with Crippen LogP contribution in [-0.4, -0.2) is 22.0 Å². The molecule has 2 bridgehead atoms. The number of hydrogen-bond donors (Lipinski definition) is 1. The van der Waals surface area contributed by atoms with E-state index in [4.69, 9.17) is 0 Å². The number of nitrogens with zero attached hydrogens (tertiary/aromatic N) is 2. The maximum atomic E-state index is 9.24. The molecule has 3 saturated carbocycles. The molecule has 1 N–H and O–H groups in total. The number of aromatic nitrogens is 1. The Balaban J connectivity index is 1.53. The predicted molar refractivity (Wildman–Crippen MR) is 81.8 cm³/mol. The molecule has 3 fully saturated rings. The van der Waals surface area contributed by atoms with E-state index in [1.165, 1.54) is 22.2 Å². The maximum Gasteiger partial charge on any atom is 0.0691 e. The van der Waals surface area contributed by atoms with Gasteiger partial charge in [-0.05, 0) is 44.2 Å². The Bertz CT molecular complexity index is 775. The van der Waals surface area contributed by atoms with Crippen molar-refractivity contribution in [2.45, 2.75) is 44.2 Å². The van der Waals surface area contributed by atoms with Gasteiger partial charge >= 0.3 is 0 Å². The first-order valence-electron chi connectivity index (χ1n) is 7.94. The molecule has 0 spiro atoms. The molecule has 1 aromatic heterocycles. The van der Waals surface area contributed by atoms with Crippen LogP contribution in [0.15, 0.2) is 24.3 Å². The average Bonchev–Trinajstić information content (AvgIpc) is 2.78. The van der Waals surface area contributed by atoms with E-state index in [9.17, 15) is 5.26 Å². The number of nitriles is 1. The molecule has 0 radical (unpaired) electrons. The van der Waals surface area contributed by atoms with Crippen molar-refractivity contribution < 1.29 is 0 Å². The fourth-order valence-corrected chi connectivity index (χ4v) is 5.23. The number of nitrogens with one attached hydrogen (secondary N) is 1. The summed E-state index contributed by atoms with van der Waals surface area (Å²) in [6, 6.07) is 11.6. The minimum Gasteiger partial charge on any atom is -0.357 e. The summed E-state index contributed by atoms with van der Waals surface area (Å²) in [7, 11) is 0. The fraction of sp³-hybridized carbons (Fsp3) is 0.500. The van der Waals surface area contributed by atoms with Crippen LogP contribution in [0, 0.1) is 16.7 Å². The van der Waals surface area contributed by atoms with E-state index in [0.717, 1.165) is 32.2 Å². The first kappa shape index (κ1) is 11.8. The Morgan fingerprint density at radius 2 is 2.05 bits per heavy atom.